The lowest BCUT2D eigenvalue weighted by atomic mass is 9.84. The van der Waals surface area contributed by atoms with Gasteiger partial charge >= 0.3 is 0 Å². The molecule has 0 aliphatic heterocycles. The molecule has 1 amide bonds. The van der Waals surface area contributed by atoms with Gasteiger partial charge < -0.3 is 11.1 Å². The van der Waals surface area contributed by atoms with Crippen molar-refractivity contribution in [3.8, 4) is 0 Å². The maximum absolute atomic E-state index is 12.1. The Morgan fingerprint density at radius 2 is 2.10 bits per heavy atom. The van der Waals surface area contributed by atoms with Gasteiger partial charge in [0, 0.05) is 6.42 Å². The minimum absolute atomic E-state index is 0.152. The fourth-order valence-corrected chi connectivity index (χ4v) is 2.94. The summed E-state index contributed by atoms with van der Waals surface area (Å²) in [6.07, 6.45) is 4.54. The molecule has 1 aromatic carbocycles. The highest BCUT2D eigenvalue weighted by Gasteiger charge is 2.24. The third-order valence-electron chi connectivity index (χ3n) is 4.32. The zero-order valence-corrected chi connectivity index (χ0v) is 12.6. The molecular formula is C17H26N2O. The molecule has 3 N–H and O–H groups in total. The van der Waals surface area contributed by atoms with Crippen molar-refractivity contribution in [3.05, 3.63) is 35.4 Å². The van der Waals surface area contributed by atoms with E-state index in [-0.39, 0.29) is 17.4 Å². The van der Waals surface area contributed by atoms with Gasteiger partial charge in [0.05, 0.1) is 6.04 Å². The maximum Gasteiger partial charge on any atom is 0.220 e. The first-order valence-corrected chi connectivity index (χ1v) is 7.59. The smallest absolute Gasteiger partial charge is 0.220 e. The first-order chi connectivity index (χ1) is 9.52. The highest BCUT2D eigenvalue weighted by atomic mass is 16.1. The molecule has 0 heterocycles. The van der Waals surface area contributed by atoms with E-state index >= 15 is 0 Å². The normalized spacial score (nSPS) is 17.9. The van der Waals surface area contributed by atoms with Crippen LogP contribution in [0.1, 0.15) is 56.7 Å². The number of nitrogens with one attached hydrogen (secondary N) is 1. The Labute approximate surface area is 121 Å². The number of hydrogen-bond donors (Lipinski definition) is 2. The largest absolute Gasteiger partial charge is 0.349 e. The standard InChI is InChI=1S/C17H26N2O/c1-17(2,11-12-18)10-9-16(20)19-15-8-7-13-5-3-4-6-14(13)15/h3-6,15H,7-12,18H2,1-2H3,(H,19,20). The Balaban J connectivity index is 1.84. The van der Waals surface area contributed by atoms with E-state index in [2.05, 4.69) is 37.4 Å². The van der Waals surface area contributed by atoms with Crippen molar-refractivity contribution in [1.29, 1.82) is 0 Å². The lowest BCUT2D eigenvalue weighted by Gasteiger charge is -2.24. The van der Waals surface area contributed by atoms with Crippen LogP contribution in [0.5, 0.6) is 0 Å². The first kappa shape index (κ1) is 15.0. The van der Waals surface area contributed by atoms with E-state index in [9.17, 15) is 4.79 Å². The van der Waals surface area contributed by atoms with Crippen LogP contribution < -0.4 is 11.1 Å². The summed E-state index contributed by atoms with van der Waals surface area (Å²) >= 11 is 0. The molecule has 0 fully saturated rings. The average Bonchev–Trinajstić information content (AvgIpc) is 2.80. The van der Waals surface area contributed by atoms with Crippen LogP contribution in [0.15, 0.2) is 24.3 Å². The maximum atomic E-state index is 12.1. The first-order valence-electron chi connectivity index (χ1n) is 7.59. The van der Waals surface area contributed by atoms with E-state index in [0.29, 0.717) is 13.0 Å². The summed E-state index contributed by atoms with van der Waals surface area (Å²) in [4.78, 5) is 12.1. The SMILES string of the molecule is CC(C)(CCN)CCC(=O)NC1CCc2ccccc21. The fourth-order valence-electron chi connectivity index (χ4n) is 2.94. The monoisotopic (exact) mass is 274 g/mol. The van der Waals surface area contributed by atoms with E-state index in [0.717, 1.165) is 25.7 Å². The molecule has 110 valence electrons. The van der Waals surface area contributed by atoms with Gasteiger partial charge in [0.25, 0.3) is 0 Å². The molecule has 3 heteroatoms. The van der Waals surface area contributed by atoms with Gasteiger partial charge in [0.2, 0.25) is 5.91 Å². The number of fused-ring (bicyclic) bond motifs is 1. The zero-order valence-electron chi connectivity index (χ0n) is 12.6. The molecule has 0 bridgehead atoms. The third-order valence-corrected chi connectivity index (χ3v) is 4.32. The summed E-state index contributed by atoms with van der Waals surface area (Å²) < 4.78 is 0. The summed E-state index contributed by atoms with van der Waals surface area (Å²) in [5.41, 5.74) is 8.43. The number of benzene rings is 1. The summed E-state index contributed by atoms with van der Waals surface area (Å²) in [5, 5.41) is 3.18. The second-order valence-electron chi connectivity index (χ2n) is 6.56. The predicted octanol–water partition coefficient (Wildman–Crippen LogP) is 2.95. The van der Waals surface area contributed by atoms with E-state index in [1.54, 1.807) is 0 Å². The number of amides is 1. The average molecular weight is 274 g/mol. The van der Waals surface area contributed by atoms with Gasteiger partial charge in [-0.25, -0.2) is 0 Å². The van der Waals surface area contributed by atoms with Crippen LogP contribution in [-0.4, -0.2) is 12.5 Å². The quantitative estimate of drug-likeness (QED) is 0.838. The van der Waals surface area contributed by atoms with Crippen molar-refractivity contribution in [3.63, 3.8) is 0 Å². The number of carbonyl (C=O) groups excluding carboxylic acids is 1. The number of hydrogen-bond acceptors (Lipinski definition) is 2. The summed E-state index contributed by atoms with van der Waals surface area (Å²) in [5.74, 6) is 0.164. The van der Waals surface area contributed by atoms with Crippen molar-refractivity contribution < 1.29 is 4.79 Å². The summed E-state index contributed by atoms with van der Waals surface area (Å²) in [7, 11) is 0. The van der Waals surface area contributed by atoms with Crippen molar-refractivity contribution >= 4 is 5.91 Å². The Morgan fingerprint density at radius 1 is 1.35 bits per heavy atom. The molecule has 20 heavy (non-hydrogen) atoms. The van der Waals surface area contributed by atoms with Crippen LogP contribution in [-0.2, 0) is 11.2 Å². The van der Waals surface area contributed by atoms with E-state index < -0.39 is 0 Å². The molecule has 3 nitrogen and oxygen atoms in total. The Bertz CT molecular complexity index is 468. The Hall–Kier alpha value is -1.35. The molecule has 2 rings (SSSR count). The van der Waals surface area contributed by atoms with Crippen molar-refractivity contribution in [2.45, 2.75) is 52.0 Å². The molecule has 1 unspecified atom stereocenters. The minimum atomic E-state index is 0.152. The van der Waals surface area contributed by atoms with Crippen molar-refractivity contribution in [1.82, 2.24) is 5.32 Å². The van der Waals surface area contributed by atoms with Crippen molar-refractivity contribution in [2.24, 2.45) is 11.1 Å². The molecule has 1 aromatic rings. The second-order valence-corrected chi connectivity index (χ2v) is 6.56. The lowest BCUT2D eigenvalue weighted by molar-refractivity contribution is -0.122. The topological polar surface area (TPSA) is 55.1 Å². The van der Waals surface area contributed by atoms with Crippen LogP contribution >= 0.6 is 0 Å². The fraction of sp³-hybridized carbons (Fsp3) is 0.588. The van der Waals surface area contributed by atoms with Gasteiger partial charge in [-0.2, -0.15) is 0 Å². The van der Waals surface area contributed by atoms with Gasteiger partial charge in [-0.3, -0.25) is 4.79 Å². The highest BCUT2D eigenvalue weighted by molar-refractivity contribution is 5.76. The second kappa shape index (κ2) is 6.40. The minimum Gasteiger partial charge on any atom is -0.349 e. The van der Waals surface area contributed by atoms with Crippen LogP contribution in [0.2, 0.25) is 0 Å². The lowest BCUT2D eigenvalue weighted by Crippen LogP contribution is -2.28. The van der Waals surface area contributed by atoms with Gasteiger partial charge in [-0.1, -0.05) is 38.1 Å². The van der Waals surface area contributed by atoms with Gasteiger partial charge in [-0.15, -0.1) is 0 Å². The van der Waals surface area contributed by atoms with Crippen molar-refractivity contribution in [2.75, 3.05) is 6.54 Å². The van der Waals surface area contributed by atoms with Gasteiger partial charge in [0.1, 0.15) is 0 Å². The van der Waals surface area contributed by atoms with E-state index in [4.69, 9.17) is 5.73 Å². The van der Waals surface area contributed by atoms with E-state index in [1.165, 1.54) is 11.1 Å². The van der Waals surface area contributed by atoms with Gasteiger partial charge in [-0.05, 0) is 48.8 Å². The molecule has 0 saturated heterocycles. The predicted molar refractivity (Wildman–Crippen MR) is 82.3 cm³/mol. The number of aryl methyl sites for hydroxylation is 1. The summed E-state index contributed by atoms with van der Waals surface area (Å²) in [6.45, 7) is 5.04. The number of carbonyl (C=O) groups is 1. The molecule has 0 spiro atoms. The molecule has 0 radical (unpaired) electrons. The van der Waals surface area contributed by atoms with Gasteiger partial charge in [0.15, 0.2) is 0 Å². The molecule has 0 aromatic heterocycles. The van der Waals surface area contributed by atoms with Crippen LogP contribution in [0.3, 0.4) is 0 Å². The Kier molecular flexibility index (Phi) is 4.81. The van der Waals surface area contributed by atoms with Crippen LogP contribution in [0.4, 0.5) is 0 Å². The molecule has 0 saturated carbocycles. The zero-order chi connectivity index (χ0) is 14.6. The van der Waals surface area contributed by atoms with Crippen LogP contribution in [0, 0.1) is 5.41 Å². The molecule has 1 atom stereocenters. The number of nitrogens with two attached hydrogens (primary N) is 1. The Morgan fingerprint density at radius 3 is 2.85 bits per heavy atom. The molecular weight excluding hydrogens is 248 g/mol. The summed E-state index contributed by atoms with van der Waals surface area (Å²) in [6, 6.07) is 8.61. The third kappa shape index (κ3) is 3.83. The number of rotatable bonds is 6. The highest BCUT2D eigenvalue weighted by Crippen LogP contribution is 2.31. The molecule has 1 aliphatic carbocycles. The molecule has 1 aliphatic rings. The van der Waals surface area contributed by atoms with E-state index in [1.807, 2.05) is 6.07 Å². The van der Waals surface area contributed by atoms with Crippen LogP contribution in [0.25, 0.3) is 0 Å².